The van der Waals surface area contributed by atoms with E-state index < -0.39 is 22.0 Å². The van der Waals surface area contributed by atoms with Gasteiger partial charge in [-0.3, -0.25) is 13.9 Å². The Morgan fingerprint density at radius 2 is 1.76 bits per heavy atom. The first-order valence-corrected chi connectivity index (χ1v) is 13.3. The number of amides is 2. The van der Waals surface area contributed by atoms with Gasteiger partial charge in [-0.2, -0.15) is 0 Å². The molecule has 0 fully saturated rings. The van der Waals surface area contributed by atoms with Crippen molar-refractivity contribution in [2.24, 2.45) is 0 Å². The molecule has 4 rings (SSSR count). The molecule has 3 aromatic rings. The van der Waals surface area contributed by atoms with Gasteiger partial charge in [0.25, 0.3) is 21.8 Å². The fraction of sp³-hybridized carbons (Fsp3) is 0.231. The van der Waals surface area contributed by atoms with Gasteiger partial charge in [0.2, 0.25) is 0 Å². The molecule has 0 aromatic heterocycles. The maximum absolute atomic E-state index is 13.5. The SMILES string of the molecule is COCCCNC(=O)c1ccccc1NC(=O)C1CN(S(=O)(=O)c2ccc(Cl)cc2)c2ccccc2O1. The van der Waals surface area contributed by atoms with Gasteiger partial charge in [0.1, 0.15) is 5.75 Å². The van der Waals surface area contributed by atoms with E-state index in [2.05, 4.69) is 10.6 Å². The van der Waals surface area contributed by atoms with Gasteiger partial charge in [-0.25, -0.2) is 8.42 Å². The molecule has 0 saturated carbocycles. The Morgan fingerprint density at radius 1 is 1.05 bits per heavy atom. The molecule has 9 nitrogen and oxygen atoms in total. The van der Waals surface area contributed by atoms with Crippen LogP contribution < -0.4 is 19.7 Å². The van der Waals surface area contributed by atoms with Crippen molar-refractivity contribution in [3.8, 4) is 5.75 Å². The minimum Gasteiger partial charge on any atom is -0.476 e. The number of halogens is 1. The predicted octanol–water partition coefficient (Wildman–Crippen LogP) is 3.70. The second kappa shape index (κ2) is 11.6. The van der Waals surface area contributed by atoms with Crippen molar-refractivity contribution in [1.82, 2.24) is 5.32 Å². The van der Waals surface area contributed by atoms with Crippen LogP contribution >= 0.6 is 11.6 Å². The monoisotopic (exact) mass is 543 g/mol. The van der Waals surface area contributed by atoms with Crippen molar-refractivity contribution in [3.05, 3.63) is 83.4 Å². The molecule has 0 radical (unpaired) electrons. The highest BCUT2D eigenvalue weighted by atomic mass is 35.5. The number of fused-ring (bicyclic) bond motifs is 1. The van der Waals surface area contributed by atoms with Crippen LogP contribution in [0.5, 0.6) is 5.75 Å². The molecule has 0 spiro atoms. The molecule has 0 saturated heterocycles. The maximum Gasteiger partial charge on any atom is 0.267 e. The first-order chi connectivity index (χ1) is 17.8. The molecule has 2 amide bonds. The Hall–Kier alpha value is -3.60. The summed E-state index contributed by atoms with van der Waals surface area (Å²) in [6.07, 6.45) is -0.529. The van der Waals surface area contributed by atoms with E-state index in [0.29, 0.717) is 30.3 Å². The summed E-state index contributed by atoms with van der Waals surface area (Å²) in [5.41, 5.74) is 0.874. The normalized spacial score (nSPS) is 14.9. The summed E-state index contributed by atoms with van der Waals surface area (Å²) in [5, 5.41) is 5.92. The zero-order chi connectivity index (χ0) is 26.4. The van der Waals surface area contributed by atoms with Gasteiger partial charge in [-0.05, 0) is 55.0 Å². The molecule has 194 valence electrons. The number of benzene rings is 3. The van der Waals surface area contributed by atoms with Crippen molar-refractivity contribution < 1.29 is 27.5 Å². The van der Waals surface area contributed by atoms with Gasteiger partial charge < -0.3 is 20.1 Å². The molecule has 0 aliphatic carbocycles. The van der Waals surface area contributed by atoms with Crippen LogP contribution in [-0.4, -0.2) is 53.1 Å². The number of sulfonamides is 1. The summed E-state index contributed by atoms with van der Waals surface area (Å²) < 4.78 is 39.0. The van der Waals surface area contributed by atoms with Crippen LogP contribution in [0.1, 0.15) is 16.8 Å². The zero-order valence-corrected chi connectivity index (χ0v) is 21.6. The molecular weight excluding hydrogens is 518 g/mol. The highest BCUT2D eigenvalue weighted by Crippen LogP contribution is 2.37. The highest BCUT2D eigenvalue weighted by Gasteiger charge is 2.37. The van der Waals surface area contributed by atoms with Crippen LogP contribution in [0.15, 0.2) is 77.7 Å². The topological polar surface area (TPSA) is 114 Å². The molecule has 3 aromatic carbocycles. The van der Waals surface area contributed by atoms with Gasteiger partial charge in [0, 0.05) is 25.3 Å². The quantitative estimate of drug-likeness (QED) is 0.398. The van der Waals surface area contributed by atoms with E-state index in [-0.39, 0.29) is 34.3 Å². The largest absolute Gasteiger partial charge is 0.476 e. The molecular formula is C26H26ClN3O6S. The first kappa shape index (κ1) is 26.5. The second-order valence-corrected chi connectivity index (χ2v) is 10.5. The molecule has 0 bridgehead atoms. The number of ether oxygens (including phenoxy) is 2. The Balaban J connectivity index is 1.57. The minimum absolute atomic E-state index is 0.0308. The summed E-state index contributed by atoms with van der Waals surface area (Å²) in [6.45, 7) is 0.656. The number of carbonyl (C=O) groups excluding carboxylic acids is 2. The van der Waals surface area contributed by atoms with Crippen LogP contribution in [0.2, 0.25) is 5.02 Å². The predicted molar refractivity (Wildman–Crippen MR) is 141 cm³/mol. The molecule has 1 aliphatic rings. The molecule has 1 unspecified atom stereocenters. The molecule has 1 atom stereocenters. The Bertz CT molecular complexity index is 1380. The van der Waals surface area contributed by atoms with Crippen LogP contribution in [0.25, 0.3) is 0 Å². The number of hydrogen-bond acceptors (Lipinski definition) is 6. The zero-order valence-electron chi connectivity index (χ0n) is 20.0. The lowest BCUT2D eigenvalue weighted by molar-refractivity contribution is -0.122. The number of nitrogens with zero attached hydrogens (tertiary/aromatic N) is 1. The van der Waals surface area contributed by atoms with E-state index >= 15 is 0 Å². The summed E-state index contributed by atoms with van der Waals surface area (Å²) >= 11 is 5.93. The van der Waals surface area contributed by atoms with Gasteiger partial charge in [-0.15, -0.1) is 0 Å². The maximum atomic E-state index is 13.5. The molecule has 2 N–H and O–H groups in total. The lowest BCUT2D eigenvalue weighted by atomic mass is 10.1. The standard InChI is InChI=1S/C26H26ClN3O6S/c1-35-16-6-15-28-25(31)20-7-2-3-8-21(20)29-26(32)24-17-30(22-9-4-5-10-23(22)36-24)37(33,34)19-13-11-18(27)12-14-19/h2-5,7-14,24H,6,15-17H2,1H3,(H,28,31)(H,29,32). The van der Waals surface area contributed by atoms with E-state index in [0.717, 1.165) is 4.31 Å². The van der Waals surface area contributed by atoms with Gasteiger partial charge in [-0.1, -0.05) is 35.9 Å². The second-order valence-electron chi connectivity index (χ2n) is 8.20. The number of rotatable bonds is 9. The summed E-state index contributed by atoms with van der Waals surface area (Å²) in [6, 6.07) is 18.9. The highest BCUT2D eigenvalue weighted by molar-refractivity contribution is 7.92. The summed E-state index contributed by atoms with van der Waals surface area (Å²) in [5.74, 6) is -0.699. The number of anilines is 2. The average molecular weight is 544 g/mol. The lowest BCUT2D eigenvalue weighted by Gasteiger charge is -2.34. The van der Waals surface area contributed by atoms with Crippen LogP contribution in [0.4, 0.5) is 11.4 Å². The third-order valence-electron chi connectivity index (χ3n) is 5.67. The summed E-state index contributed by atoms with van der Waals surface area (Å²) in [4.78, 5) is 26.0. The van der Waals surface area contributed by atoms with Crippen molar-refractivity contribution in [1.29, 1.82) is 0 Å². The van der Waals surface area contributed by atoms with Crippen LogP contribution in [-0.2, 0) is 19.6 Å². The Labute approximate surface area is 220 Å². The van der Waals surface area contributed by atoms with Crippen molar-refractivity contribution >= 4 is 44.8 Å². The fourth-order valence-electron chi connectivity index (χ4n) is 3.82. The van der Waals surface area contributed by atoms with E-state index in [9.17, 15) is 18.0 Å². The molecule has 11 heteroatoms. The smallest absolute Gasteiger partial charge is 0.267 e. The van der Waals surface area contributed by atoms with Crippen molar-refractivity contribution in [2.45, 2.75) is 17.4 Å². The molecule has 1 aliphatic heterocycles. The number of para-hydroxylation sites is 3. The number of carbonyl (C=O) groups is 2. The van der Waals surface area contributed by atoms with E-state index in [1.807, 2.05) is 0 Å². The third kappa shape index (κ3) is 6.04. The van der Waals surface area contributed by atoms with E-state index in [1.165, 1.54) is 24.3 Å². The first-order valence-electron chi connectivity index (χ1n) is 11.5. The van der Waals surface area contributed by atoms with Gasteiger partial charge >= 0.3 is 0 Å². The van der Waals surface area contributed by atoms with Crippen molar-refractivity contribution in [3.63, 3.8) is 0 Å². The Kier molecular flexibility index (Phi) is 8.32. The molecule has 37 heavy (non-hydrogen) atoms. The number of hydrogen-bond donors (Lipinski definition) is 2. The van der Waals surface area contributed by atoms with Crippen LogP contribution in [0.3, 0.4) is 0 Å². The van der Waals surface area contributed by atoms with Gasteiger partial charge in [0.15, 0.2) is 6.10 Å². The third-order valence-corrected chi connectivity index (χ3v) is 7.72. The molecule has 1 heterocycles. The van der Waals surface area contributed by atoms with Crippen molar-refractivity contribution in [2.75, 3.05) is 36.4 Å². The lowest BCUT2D eigenvalue weighted by Crippen LogP contribution is -2.49. The average Bonchev–Trinajstić information content (AvgIpc) is 2.91. The fourth-order valence-corrected chi connectivity index (χ4v) is 5.42. The Morgan fingerprint density at radius 3 is 2.51 bits per heavy atom. The minimum atomic E-state index is -4.03. The number of methoxy groups -OCH3 is 1. The van der Waals surface area contributed by atoms with Crippen LogP contribution in [0, 0.1) is 0 Å². The van der Waals surface area contributed by atoms with E-state index in [4.69, 9.17) is 21.1 Å². The van der Waals surface area contributed by atoms with Gasteiger partial charge in [0.05, 0.1) is 28.4 Å². The van der Waals surface area contributed by atoms with E-state index in [1.54, 1.807) is 55.6 Å². The summed E-state index contributed by atoms with van der Waals surface area (Å²) in [7, 11) is -2.44. The number of nitrogens with one attached hydrogen (secondary N) is 2.